The van der Waals surface area contributed by atoms with Crippen LogP contribution in [0.4, 0.5) is 0 Å². The van der Waals surface area contributed by atoms with Crippen LogP contribution in [0.15, 0.2) is 109 Å². The van der Waals surface area contributed by atoms with E-state index in [2.05, 4.69) is 130 Å². The van der Waals surface area contributed by atoms with Crippen molar-refractivity contribution in [1.29, 1.82) is 0 Å². The van der Waals surface area contributed by atoms with E-state index in [0.29, 0.717) is 12.8 Å². The highest BCUT2D eigenvalue weighted by atomic mass is 16.6. The highest BCUT2D eigenvalue weighted by Gasteiger charge is 2.19. The lowest BCUT2D eigenvalue weighted by molar-refractivity contribution is -0.167. The van der Waals surface area contributed by atoms with Crippen molar-refractivity contribution < 1.29 is 28.6 Å². The van der Waals surface area contributed by atoms with Gasteiger partial charge in [-0.3, -0.25) is 14.4 Å². The maximum absolute atomic E-state index is 12.8. The molecule has 0 N–H and O–H groups in total. The van der Waals surface area contributed by atoms with Crippen molar-refractivity contribution in [2.75, 3.05) is 13.2 Å². The molecule has 0 heterocycles. The van der Waals surface area contributed by atoms with Crippen molar-refractivity contribution in [1.82, 2.24) is 0 Å². The summed E-state index contributed by atoms with van der Waals surface area (Å²) in [6.45, 7) is 6.35. The SMILES string of the molecule is CC/C=C\C/C=C\C/C=C\C/C=C\C/C=C\C/C=C\CCCCCCC(=O)OCC(COC(=O)CCCCCCCCCCCCCC)OC(=O)CCCCC/C=C\C/C=C\C/C=C\CC. The predicted molar refractivity (Wildman–Crippen MR) is 283 cm³/mol. The molecule has 0 spiro atoms. The molecule has 1 atom stereocenters. The minimum Gasteiger partial charge on any atom is -0.462 e. The number of unbranched alkanes of at least 4 members (excludes halogenated alkanes) is 18. The molecule has 0 aromatic heterocycles. The van der Waals surface area contributed by atoms with Gasteiger partial charge in [0.25, 0.3) is 0 Å². The van der Waals surface area contributed by atoms with E-state index in [9.17, 15) is 14.4 Å². The van der Waals surface area contributed by atoms with E-state index >= 15 is 0 Å². The summed E-state index contributed by atoms with van der Waals surface area (Å²) in [7, 11) is 0. The van der Waals surface area contributed by atoms with E-state index in [1.54, 1.807) is 0 Å². The van der Waals surface area contributed by atoms with Crippen LogP contribution in [0.2, 0.25) is 0 Å². The lowest BCUT2D eigenvalue weighted by Gasteiger charge is -2.18. The van der Waals surface area contributed by atoms with E-state index in [0.717, 1.165) is 135 Å². The highest BCUT2D eigenvalue weighted by molar-refractivity contribution is 5.71. The van der Waals surface area contributed by atoms with Crippen LogP contribution < -0.4 is 0 Å². The van der Waals surface area contributed by atoms with Crippen LogP contribution in [0.3, 0.4) is 0 Å². The summed E-state index contributed by atoms with van der Waals surface area (Å²) in [5, 5.41) is 0. The van der Waals surface area contributed by atoms with Crippen LogP contribution in [-0.2, 0) is 28.6 Å². The molecule has 0 bridgehead atoms. The number of carbonyl (C=O) groups excluding carboxylic acids is 3. The summed E-state index contributed by atoms with van der Waals surface area (Å²) < 4.78 is 16.8. The summed E-state index contributed by atoms with van der Waals surface area (Å²) in [6.07, 6.45) is 72.2. The standard InChI is InChI=1S/C60H98O6/c1-4-7-10-13-16-19-22-25-26-27-28-29-30-31-32-33-34-36-38-41-44-47-50-53-59(62)65-56-57(55-64-58(61)52-49-46-43-40-37-24-21-18-15-12-9-6-3)66-60(63)54-51-48-45-42-39-35-23-20-17-14-11-8-5-2/h7-8,10-11,16-17,19-20,25-26,28-29,31-32,34-36,39,57H,4-6,9,12-15,18,21-24,27,30,33,37-38,40-56H2,1-3H3/b10-7-,11-8-,19-16-,20-17-,26-25-,29-28-,32-31-,36-34-,39-35-. The topological polar surface area (TPSA) is 78.9 Å². The molecule has 6 heteroatoms. The zero-order chi connectivity index (χ0) is 47.9. The van der Waals surface area contributed by atoms with Gasteiger partial charge in [-0.05, 0) is 103 Å². The largest absolute Gasteiger partial charge is 0.462 e. The minimum absolute atomic E-state index is 0.0984. The minimum atomic E-state index is -0.804. The Morgan fingerprint density at radius 2 is 0.591 bits per heavy atom. The van der Waals surface area contributed by atoms with Crippen molar-refractivity contribution in [3.63, 3.8) is 0 Å². The molecular weight excluding hydrogens is 817 g/mol. The lowest BCUT2D eigenvalue weighted by Crippen LogP contribution is -2.30. The zero-order valence-electron chi connectivity index (χ0n) is 42.7. The molecule has 0 saturated carbocycles. The average molecular weight is 915 g/mol. The molecule has 6 nitrogen and oxygen atoms in total. The first-order valence-corrected chi connectivity index (χ1v) is 26.9. The fraction of sp³-hybridized carbons (Fsp3) is 0.650. The van der Waals surface area contributed by atoms with Gasteiger partial charge < -0.3 is 14.2 Å². The molecule has 0 amide bonds. The zero-order valence-corrected chi connectivity index (χ0v) is 42.7. The second kappa shape index (κ2) is 53.7. The Morgan fingerprint density at radius 1 is 0.318 bits per heavy atom. The number of rotatable bonds is 47. The second-order valence-corrected chi connectivity index (χ2v) is 17.4. The molecule has 0 aromatic rings. The summed E-state index contributed by atoms with van der Waals surface area (Å²) >= 11 is 0. The van der Waals surface area contributed by atoms with Crippen LogP contribution >= 0.6 is 0 Å². The lowest BCUT2D eigenvalue weighted by atomic mass is 10.0. The summed E-state index contributed by atoms with van der Waals surface area (Å²) in [5.74, 6) is -0.958. The number of hydrogen-bond donors (Lipinski definition) is 0. The maximum atomic E-state index is 12.8. The fourth-order valence-electron chi connectivity index (χ4n) is 7.05. The Morgan fingerprint density at radius 3 is 0.939 bits per heavy atom. The first kappa shape index (κ1) is 62.1. The van der Waals surface area contributed by atoms with Crippen molar-refractivity contribution in [3.05, 3.63) is 109 Å². The van der Waals surface area contributed by atoms with Crippen molar-refractivity contribution >= 4 is 17.9 Å². The van der Waals surface area contributed by atoms with E-state index in [4.69, 9.17) is 14.2 Å². The Labute approximate surface area is 406 Å². The number of hydrogen-bond acceptors (Lipinski definition) is 6. The normalized spacial score (nSPS) is 13.0. The predicted octanol–water partition coefficient (Wildman–Crippen LogP) is 17.9. The maximum Gasteiger partial charge on any atom is 0.306 e. The Bertz CT molecular complexity index is 1370. The third-order valence-corrected chi connectivity index (χ3v) is 11.0. The monoisotopic (exact) mass is 915 g/mol. The molecule has 0 fully saturated rings. The van der Waals surface area contributed by atoms with Gasteiger partial charge in [-0.2, -0.15) is 0 Å². The molecule has 0 aliphatic rings. The van der Waals surface area contributed by atoms with Crippen LogP contribution in [0, 0.1) is 0 Å². The molecule has 66 heavy (non-hydrogen) atoms. The summed E-state index contributed by atoms with van der Waals surface area (Å²) in [4.78, 5) is 38.0. The number of ether oxygens (including phenoxy) is 3. The Kier molecular flexibility index (Phi) is 50.5. The average Bonchev–Trinajstić information content (AvgIpc) is 3.31. The van der Waals surface area contributed by atoms with Gasteiger partial charge in [0.15, 0.2) is 6.10 Å². The van der Waals surface area contributed by atoms with Gasteiger partial charge in [0.2, 0.25) is 0 Å². The smallest absolute Gasteiger partial charge is 0.306 e. The van der Waals surface area contributed by atoms with Crippen molar-refractivity contribution in [2.24, 2.45) is 0 Å². The van der Waals surface area contributed by atoms with E-state index in [1.165, 1.54) is 57.8 Å². The van der Waals surface area contributed by atoms with Crippen molar-refractivity contribution in [3.8, 4) is 0 Å². The third-order valence-electron chi connectivity index (χ3n) is 11.0. The quantitative estimate of drug-likeness (QED) is 0.0262. The van der Waals surface area contributed by atoms with Crippen LogP contribution in [0.25, 0.3) is 0 Å². The van der Waals surface area contributed by atoms with Gasteiger partial charge >= 0.3 is 17.9 Å². The second-order valence-electron chi connectivity index (χ2n) is 17.4. The van der Waals surface area contributed by atoms with E-state index < -0.39 is 6.10 Å². The van der Waals surface area contributed by atoms with Gasteiger partial charge in [0.1, 0.15) is 13.2 Å². The van der Waals surface area contributed by atoms with Gasteiger partial charge in [-0.15, -0.1) is 0 Å². The van der Waals surface area contributed by atoms with E-state index in [1.807, 2.05) is 0 Å². The first-order valence-electron chi connectivity index (χ1n) is 26.9. The molecule has 0 radical (unpaired) electrons. The van der Waals surface area contributed by atoms with Crippen LogP contribution in [0.5, 0.6) is 0 Å². The van der Waals surface area contributed by atoms with Gasteiger partial charge in [-0.25, -0.2) is 0 Å². The summed E-state index contributed by atoms with van der Waals surface area (Å²) in [6, 6.07) is 0. The molecule has 0 saturated heterocycles. The molecule has 374 valence electrons. The number of esters is 3. The van der Waals surface area contributed by atoms with Crippen LogP contribution in [0.1, 0.15) is 233 Å². The Balaban J connectivity index is 4.42. The van der Waals surface area contributed by atoms with Gasteiger partial charge in [0, 0.05) is 19.3 Å². The number of carbonyl (C=O) groups is 3. The first-order chi connectivity index (χ1) is 32.5. The Hall–Kier alpha value is -3.93. The molecule has 0 rings (SSSR count). The van der Waals surface area contributed by atoms with Crippen molar-refractivity contribution in [2.45, 2.75) is 239 Å². The fourth-order valence-corrected chi connectivity index (χ4v) is 7.05. The van der Waals surface area contributed by atoms with Gasteiger partial charge in [-0.1, -0.05) is 220 Å². The van der Waals surface area contributed by atoms with Crippen LogP contribution in [-0.4, -0.2) is 37.2 Å². The summed E-state index contributed by atoms with van der Waals surface area (Å²) in [5.41, 5.74) is 0. The molecule has 0 aliphatic heterocycles. The molecular formula is C60H98O6. The van der Waals surface area contributed by atoms with Gasteiger partial charge in [0.05, 0.1) is 0 Å². The molecule has 0 aliphatic carbocycles. The third kappa shape index (κ3) is 51.1. The molecule has 1 unspecified atom stereocenters. The molecule has 0 aromatic carbocycles. The number of allylic oxidation sites excluding steroid dienone is 18. The van der Waals surface area contributed by atoms with E-state index in [-0.39, 0.29) is 37.5 Å². The highest BCUT2D eigenvalue weighted by Crippen LogP contribution is 2.14.